The lowest BCUT2D eigenvalue weighted by Gasteiger charge is -2.21. The summed E-state index contributed by atoms with van der Waals surface area (Å²) >= 11 is 0. The minimum absolute atomic E-state index is 0.178. The monoisotopic (exact) mass is 184 g/mol. The predicted octanol–water partition coefficient (Wildman–Crippen LogP) is 0.854. The fourth-order valence-corrected chi connectivity index (χ4v) is 1.79. The van der Waals surface area contributed by atoms with E-state index in [0.29, 0.717) is 5.92 Å². The first kappa shape index (κ1) is 10.5. The first-order valence-electron chi connectivity index (χ1n) is 5.12. The molecule has 0 saturated carbocycles. The zero-order valence-corrected chi connectivity index (χ0v) is 8.68. The maximum absolute atomic E-state index is 11.0. The van der Waals surface area contributed by atoms with Gasteiger partial charge in [0, 0.05) is 20.5 Å². The molecule has 3 heteroatoms. The van der Waals surface area contributed by atoms with Crippen molar-refractivity contribution in [3.8, 4) is 0 Å². The maximum Gasteiger partial charge on any atom is 0.219 e. The van der Waals surface area contributed by atoms with Gasteiger partial charge in [-0.3, -0.25) is 4.79 Å². The molecule has 1 rings (SSSR count). The summed E-state index contributed by atoms with van der Waals surface area (Å²) in [5.41, 5.74) is 0. The molecule has 76 valence electrons. The van der Waals surface area contributed by atoms with Crippen LogP contribution in [0.25, 0.3) is 0 Å². The minimum atomic E-state index is 0.178. The van der Waals surface area contributed by atoms with Crippen LogP contribution in [-0.2, 0) is 4.79 Å². The molecular weight excluding hydrogens is 164 g/mol. The first-order chi connectivity index (χ1) is 6.20. The van der Waals surface area contributed by atoms with E-state index in [9.17, 15) is 4.79 Å². The Balaban J connectivity index is 2.29. The Hall–Kier alpha value is -0.570. The molecule has 1 unspecified atom stereocenters. The number of nitrogens with zero attached hydrogens (tertiary/aromatic N) is 1. The van der Waals surface area contributed by atoms with Crippen molar-refractivity contribution in [1.82, 2.24) is 10.2 Å². The predicted molar refractivity (Wildman–Crippen MR) is 53.5 cm³/mol. The van der Waals surface area contributed by atoms with Crippen LogP contribution in [0.1, 0.15) is 26.2 Å². The molecule has 0 aliphatic carbocycles. The standard InChI is InChI=1S/C10H20N2O/c1-9(13)12(2)8-10-4-3-6-11-7-5-10/h10-11H,3-8H2,1-2H3. The third-order valence-corrected chi connectivity index (χ3v) is 2.76. The molecule has 0 spiro atoms. The summed E-state index contributed by atoms with van der Waals surface area (Å²) in [7, 11) is 1.89. The molecule has 1 saturated heterocycles. The van der Waals surface area contributed by atoms with Crippen LogP contribution in [0.5, 0.6) is 0 Å². The molecule has 0 bridgehead atoms. The molecule has 1 fully saturated rings. The number of amides is 1. The summed E-state index contributed by atoms with van der Waals surface area (Å²) in [6.07, 6.45) is 3.71. The molecule has 0 aromatic heterocycles. The van der Waals surface area contributed by atoms with E-state index in [1.54, 1.807) is 6.92 Å². The van der Waals surface area contributed by atoms with Crippen molar-refractivity contribution < 1.29 is 4.79 Å². The number of rotatable bonds is 2. The highest BCUT2D eigenvalue weighted by Gasteiger charge is 2.14. The lowest BCUT2D eigenvalue weighted by molar-refractivity contribution is -0.128. The van der Waals surface area contributed by atoms with E-state index in [2.05, 4.69) is 5.32 Å². The van der Waals surface area contributed by atoms with Gasteiger partial charge in [-0.05, 0) is 38.3 Å². The molecule has 1 amide bonds. The maximum atomic E-state index is 11.0. The van der Waals surface area contributed by atoms with Crippen molar-refractivity contribution in [3.05, 3.63) is 0 Å². The summed E-state index contributed by atoms with van der Waals surface area (Å²) in [5, 5.41) is 3.38. The lowest BCUT2D eigenvalue weighted by Crippen LogP contribution is -2.30. The van der Waals surface area contributed by atoms with Crippen LogP contribution in [-0.4, -0.2) is 37.5 Å². The zero-order chi connectivity index (χ0) is 9.68. The Labute approximate surface area is 80.5 Å². The second kappa shape index (κ2) is 5.22. The highest BCUT2D eigenvalue weighted by molar-refractivity contribution is 5.72. The second-order valence-corrected chi connectivity index (χ2v) is 3.95. The quantitative estimate of drug-likeness (QED) is 0.690. The van der Waals surface area contributed by atoms with E-state index in [-0.39, 0.29) is 5.91 Å². The summed E-state index contributed by atoms with van der Waals surface area (Å²) < 4.78 is 0. The van der Waals surface area contributed by atoms with Gasteiger partial charge < -0.3 is 10.2 Å². The Morgan fingerprint density at radius 2 is 2.23 bits per heavy atom. The summed E-state index contributed by atoms with van der Waals surface area (Å²) in [6.45, 7) is 4.81. The Morgan fingerprint density at radius 3 is 2.92 bits per heavy atom. The molecule has 1 atom stereocenters. The molecular formula is C10H20N2O. The molecule has 1 aliphatic rings. The SMILES string of the molecule is CC(=O)N(C)CC1CCCNCC1. The largest absolute Gasteiger partial charge is 0.346 e. The van der Waals surface area contributed by atoms with Crippen LogP contribution in [0.2, 0.25) is 0 Å². The topological polar surface area (TPSA) is 32.3 Å². The summed E-state index contributed by atoms with van der Waals surface area (Å²) in [5.74, 6) is 0.876. The van der Waals surface area contributed by atoms with Gasteiger partial charge in [0.2, 0.25) is 5.91 Å². The number of carbonyl (C=O) groups excluding carboxylic acids is 1. The van der Waals surface area contributed by atoms with E-state index in [1.807, 2.05) is 11.9 Å². The second-order valence-electron chi connectivity index (χ2n) is 3.95. The molecule has 0 radical (unpaired) electrons. The highest BCUT2D eigenvalue weighted by atomic mass is 16.2. The van der Waals surface area contributed by atoms with Crippen LogP contribution >= 0.6 is 0 Å². The molecule has 1 N–H and O–H groups in total. The molecule has 1 aliphatic heterocycles. The fraction of sp³-hybridized carbons (Fsp3) is 0.900. The van der Waals surface area contributed by atoms with Gasteiger partial charge in [0.25, 0.3) is 0 Å². The first-order valence-corrected chi connectivity index (χ1v) is 5.12. The van der Waals surface area contributed by atoms with Crippen molar-refractivity contribution in [2.45, 2.75) is 26.2 Å². The normalized spacial score (nSPS) is 23.7. The number of nitrogens with one attached hydrogen (secondary N) is 1. The van der Waals surface area contributed by atoms with E-state index in [1.165, 1.54) is 19.3 Å². The zero-order valence-electron chi connectivity index (χ0n) is 8.68. The van der Waals surface area contributed by atoms with Gasteiger partial charge in [-0.25, -0.2) is 0 Å². The van der Waals surface area contributed by atoms with Crippen molar-refractivity contribution >= 4 is 5.91 Å². The Kier molecular flexibility index (Phi) is 4.22. The number of hydrogen-bond donors (Lipinski definition) is 1. The Bertz CT molecular complexity index is 162. The molecule has 13 heavy (non-hydrogen) atoms. The van der Waals surface area contributed by atoms with Crippen LogP contribution in [0.4, 0.5) is 0 Å². The molecule has 0 aromatic carbocycles. The molecule has 0 aromatic rings. The van der Waals surface area contributed by atoms with Gasteiger partial charge in [0.15, 0.2) is 0 Å². The van der Waals surface area contributed by atoms with Crippen LogP contribution in [0, 0.1) is 5.92 Å². The number of carbonyl (C=O) groups is 1. The Morgan fingerprint density at radius 1 is 1.46 bits per heavy atom. The highest BCUT2D eigenvalue weighted by Crippen LogP contribution is 2.14. The van der Waals surface area contributed by atoms with Crippen molar-refractivity contribution in [1.29, 1.82) is 0 Å². The van der Waals surface area contributed by atoms with Crippen molar-refractivity contribution in [2.75, 3.05) is 26.7 Å². The number of hydrogen-bond acceptors (Lipinski definition) is 2. The fourth-order valence-electron chi connectivity index (χ4n) is 1.79. The average Bonchev–Trinajstić information content (AvgIpc) is 2.32. The minimum Gasteiger partial charge on any atom is -0.346 e. The van der Waals surface area contributed by atoms with Gasteiger partial charge in [-0.15, -0.1) is 0 Å². The van der Waals surface area contributed by atoms with Gasteiger partial charge in [-0.1, -0.05) is 0 Å². The average molecular weight is 184 g/mol. The van der Waals surface area contributed by atoms with Crippen LogP contribution in [0.15, 0.2) is 0 Å². The van der Waals surface area contributed by atoms with Gasteiger partial charge in [0.1, 0.15) is 0 Å². The van der Waals surface area contributed by atoms with Crippen LogP contribution < -0.4 is 5.32 Å². The van der Waals surface area contributed by atoms with E-state index in [0.717, 1.165) is 19.6 Å². The van der Waals surface area contributed by atoms with Crippen LogP contribution in [0.3, 0.4) is 0 Å². The smallest absolute Gasteiger partial charge is 0.219 e. The summed E-state index contributed by atoms with van der Waals surface area (Å²) in [6, 6.07) is 0. The molecule has 1 heterocycles. The summed E-state index contributed by atoms with van der Waals surface area (Å²) in [4.78, 5) is 12.8. The van der Waals surface area contributed by atoms with Gasteiger partial charge in [0.05, 0.1) is 0 Å². The third kappa shape index (κ3) is 3.77. The van der Waals surface area contributed by atoms with E-state index >= 15 is 0 Å². The van der Waals surface area contributed by atoms with Crippen molar-refractivity contribution in [3.63, 3.8) is 0 Å². The molecule has 3 nitrogen and oxygen atoms in total. The van der Waals surface area contributed by atoms with E-state index < -0.39 is 0 Å². The van der Waals surface area contributed by atoms with Gasteiger partial charge >= 0.3 is 0 Å². The third-order valence-electron chi connectivity index (χ3n) is 2.76. The van der Waals surface area contributed by atoms with Gasteiger partial charge in [-0.2, -0.15) is 0 Å². The van der Waals surface area contributed by atoms with Crippen molar-refractivity contribution in [2.24, 2.45) is 5.92 Å². The lowest BCUT2D eigenvalue weighted by atomic mass is 10.0. The van der Waals surface area contributed by atoms with E-state index in [4.69, 9.17) is 0 Å².